The molecule has 0 spiro atoms. The van der Waals surface area contributed by atoms with E-state index in [-0.39, 0.29) is 17.4 Å². The van der Waals surface area contributed by atoms with Crippen LogP contribution in [0.5, 0.6) is 0 Å². The highest BCUT2D eigenvalue weighted by atomic mass is 79.9. The molecular formula is C13H12BrFN2O. The van der Waals surface area contributed by atoms with Gasteiger partial charge in [0.15, 0.2) is 0 Å². The van der Waals surface area contributed by atoms with Crippen molar-refractivity contribution in [3.8, 4) is 6.07 Å². The van der Waals surface area contributed by atoms with Crippen molar-refractivity contribution >= 4 is 21.8 Å². The van der Waals surface area contributed by atoms with Crippen LogP contribution in [-0.4, -0.2) is 23.9 Å². The lowest BCUT2D eigenvalue weighted by Gasteiger charge is -2.29. The molecular weight excluding hydrogens is 299 g/mol. The first-order valence-corrected chi connectivity index (χ1v) is 6.55. The predicted molar refractivity (Wildman–Crippen MR) is 68.3 cm³/mol. The number of carbonyl (C=O) groups is 1. The Morgan fingerprint density at radius 3 is 3.06 bits per heavy atom. The highest BCUT2D eigenvalue weighted by molar-refractivity contribution is 9.10. The SMILES string of the molecule is N#CC1CCCN(C(=O)c2cc(Br)ccc2F)C1. The summed E-state index contributed by atoms with van der Waals surface area (Å²) in [7, 11) is 0. The molecule has 1 aromatic rings. The summed E-state index contributed by atoms with van der Waals surface area (Å²) in [5.41, 5.74) is 0.0583. The van der Waals surface area contributed by atoms with Crippen molar-refractivity contribution in [1.29, 1.82) is 5.26 Å². The van der Waals surface area contributed by atoms with Crippen molar-refractivity contribution in [2.75, 3.05) is 13.1 Å². The zero-order valence-corrected chi connectivity index (χ0v) is 11.3. The minimum absolute atomic E-state index is 0.0583. The number of hydrogen-bond acceptors (Lipinski definition) is 2. The largest absolute Gasteiger partial charge is 0.337 e. The van der Waals surface area contributed by atoms with Crippen molar-refractivity contribution in [3.05, 3.63) is 34.1 Å². The number of halogens is 2. The highest BCUT2D eigenvalue weighted by Gasteiger charge is 2.25. The molecule has 1 atom stereocenters. The van der Waals surface area contributed by atoms with Crippen molar-refractivity contribution < 1.29 is 9.18 Å². The van der Waals surface area contributed by atoms with E-state index in [9.17, 15) is 9.18 Å². The molecule has 0 aliphatic carbocycles. The second kappa shape index (κ2) is 5.49. The second-order valence-electron chi connectivity index (χ2n) is 4.34. The molecule has 1 fully saturated rings. The van der Waals surface area contributed by atoms with Gasteiger partial charge in [0.25, 0.3) is 5.91 Å². The van der Waals surface area contributed by atoms with Crippen molar-refractivity contribution in [3.63, 3.8) is 0 Å². The zero-order valence-electron chi connectivity index (χ0n) is 9.70. The number of piperidine rings is 1. The minimum Gasteiger partial charge on any atom is -0.337 e. The Kier molecular flexibility index (Phi) is 3.97. The van der Waals surface area contributed by atoms with Crippen LogP contribution < -0.4 is 0 Å². The van der Waals surface area contributed by atoms with Crippen LogP contribution >= 0.6 is 15.9 Å². The van der Waals surface area contributed by atoms with Crippen LogP contribution in [0.2, 0.25) is 0 Å². The molecule has 0 radical (unpaired) electrons. The van der Waals surface area contributed by atoms with Crippen LogP contribution in [0.25, 0.3) is 0 Å². The van der Waals surface area contributed by atoms with Gasteiger partial charge >= 0.3 is 0 Å². The van der Waals surface area contributed by atoms with Gasteiger partial charge in [-0.25, -0.2) is 4.39 Å². The maximum atomic E-state index is 13.6. The normalized spacial score (nSPS) is 19.4. The number of benzene rings is 1. The molecule has 0 aromatic heterocycles. The number of amides is 1. The second-order valence-corrected chi connectivity index (χ2v) is 5.26. The Morgan fingerprint density at radius 1 is 1.56 bits per heavy atom. The topological polar surface area (TPSA) is 44.1 Å². The molecule has 1 aromatic carbocycles. The van der Waals surface area contributed by atoms with E-state index in [1.54, 1.807) is 11.0 Å². The van der Waals surface area contributed by atoms with Gasteiger partial charge in [-0.1, -0.05) is 15.9 Å². The summed E-state index contributed by atoms with van der Waals surface area (Å²) >= 11 is 3.22. The number of nitriles is 1. The summed E-state index contributed by atoms with van der Waals surface area (Å²) in [6.07, 6.45) is 1.60. The van der Waals surface area contributed by atoms with E-state index in [1.165, 1.54) is 12.1 Å². The van der Waals surface area contributed by atoms with Crippen molar-refractivity contribution in [1.82, 2.24) is 4.90 Å². The van der Waals surface area contributed by atoms with E-state index in [0.29, 0.717) is 17.6 Å². The molecule has 1 aliphatic heterocycles. The fraction of sp³-hybridized carbons (Fsp3) is 0.385. The van der Waals surface area contributed by atoms with E-state index >= 15 is 0 Å². The summed E-state index contributed by atoms with van der Waals surface area (Å²) in [5.74, 6) is -1.01. The summed E-state index contributed by atoms with van der Waals surface area (Å²) in [4.78, 5) is 13.7. The lowest BCUT2D eigenvalue weighted by molar-refractivity contribution is 0.0694. The molecule has 0 bridgehead atoms. The van der Waals surface area contributed by atoms with Crippen molar-refractivity contribution in [2.45, 2.75) is 12.8 Å². The lowest BCUT2D eigenvalue weighted by Crippen LogP contribution is -2.39. The molecule has 0 N–H and O–H groups in total. The third-order valence-corrected chi connectivity index (χ3v) is 3.54. The number of nitrogens with zero attached hydrogens (tertiary/aromatic N) is 2. The standard InChI is InChI=1S/C13H12BrFN2O/c14-10-3-4-12(15)11(6-10)13(18)17-5-1-2-9(7-16)8-17/h3-4,6,9H,1-2,5,8H2. The quantitative estimate of drug-likeness (QED) is 0.800. The smallest absolute Gasteiger partial charge is 0.256 e. The molecule has 5 heteroatoms. The monoisotopic (exact) mass is 310 g/mol. The average Bonchev–Trinajstić information content (AvgIpc) is 2.41. The summed E-state index contributed by atoms with van der Waals surface area (Å²) < 4.78 is 14.3. The maximum Gasteiger partial charge on any atom is 0.256 e. The third-order valence-electron chi connectivity index (χ3n) is 3.05. The third kappa shape index (κ3) is 2.70. The molecule has 18 heavy (non-hydrogen) atoms. The predicted octanol–water partition coefficient (Wildman–Crippen LogP) is 2.96. The molecule has 1 amide bonds. The first-order valence-electron chi connectivity index (χ1n) is 5.75. The van der Waals surface area contributed by atoms with Gasteiger partial charge in [-0.05, 0) is 31.0 Å². The van der Waals surface area contributed by atoms with Crippen LogP contribution in [0, 0.1) is 23.1 Å². The van der Waals surface area contributed by atoms with E-state index in [1.807, 2.05) is 0 Å². The first kappa shape index (κ1) is 13.0. The molecule has 2 rings (SSSR count). The van der Waals surface area contributed by atoms with Gasteiger partial charge in [0.2, 0.25) is 0 Å². The molecule has 1 aliphatic rings. The van der Waals surface area contributed by atoms with Crippen LogP contribution in [0.3, 0.4) is 0 Å². The Morgan fingerprint density at radius 2 is 2.33 bits per heavy atom. The number of likely N-dealkylation sites (tertiary alicyclic amines) is 1. The van der Waals surface area contributed by atoms with Crippen molar-refractivity contribution in [2.24, 2.45) is 5.92 Å². The van der Waals surface area contributed by atoms with E-state index in [2.05, 4.69) is 22.0 Å². The Bertz CT molecular complexity index is 512. The Labute approximate surface area is 113 Å². The van der Waals surface area contributed by atoms with E-state index < -0.39 is 5.82 Å². The molecule has 94 valence electrons. The molecule has 0 saturated carbocycles. The molecule has 1 unspecified atom stereocenters. The summed E-state index contributed by atoms with van der Waals surface area (Å²) in [5, 5.41) is 8.89. The van der Waals surface area contributed by atoms with Gasteiger partial charge in [-0.3, -0.25) is 4.79 Å². The summed E-state index contributed by atoms with van der Waals surface area (Å²) in [6.45, 7) is 0.976. The lowest BCUT2D eigenvalue weighted by atomic mass is 9.99. The van der Waals surface area contributed by atoms with Gasteiger partial charge in [0.05, 0.1) is 17.6 Å². The molecule has 3 nitrogen and oxygen atoms in total. The number of carbonyl (C=O) groups excluding carboxylic acids is 1. The first-order chi connectivity index (χ1) is 8.61. The van der Waals surface area contributed by atoms with E-state index in [4.69, 9.17) is 5.26 Å². The highest BCUT2D eigenvalue weighted by Crippen LogP contribution is 2.21. The van der Waals surface area contributed by atoms with Crippen LogP contribution in [0.1, 0.15) is 23.2 Å². The van der Waals surface area contributed by atoms with Gasteiger partial charge in [0, 0.05) is 17.6 Å². The summed E-state index contributed by atoms with van der Waals surface area (Å²) in [6, 6.07) is 6.47. The van der Waals surface area contributed by atoms with Gasteiger partial charge in [0.1, 0.15) is 5.82 Å². The fourth-order valence-corrected chi connectivity index (χ4v) is 2.46. The van der Waals surface area contributed by atoms with Gasteiger partial charge < -0.3 is 4.90 Å². The van der Waals surface area contributed by atoms with Gasteiger partial charge in [-0.15, -0.1) is 0 Å². The molecule has 1 heterocycles. The zero-order chi connectivity index (χ0) is 13.1. The van der Waals surface area contributed by atoms with Crippen LogP contribution in [0.15, 0.2) is 22.7 Å². The number of rotatable bonds is 1. The Balaban J connectivity index is 2.21. The van der Waals surface area contributed by atoms with Crippen LogP contribution in [0.4, 0.5) is 4.39 Å². The minimum atomic E-state index is -0.526. The Hall–Kier alpha value is -1.41. The maximum absolute atomic E-state index is 13.6. The van der Waals surface area contributed by atoms with Crippen LogP contribution in [-0.2, 0) is 0 Å². The fourth-order valence-electron chi connectivity index (χ4n) is 2.10. The number of hydrogen-bond donors (Lipinski definition) is 0. The average molecular weight is 311 g/mol. The van der Waals surface area contributed by atoms with Gasteiger partial charge in [-0.2, -0.15) is 5.26 Å². The van der Waals surface area contributed by atoms with E-state index in [0.717, 1.165) is 12.8 Å². The molecule has 1 saturated heterocycles.